The molecular weight excluding hydrogens is 316 g/mol. The van der Waals surface area contributed by atoms with E-state index in [1.165, 1.54) is 27.0 Å². The number of fused-ring (bicyclic) bond motifs is 3. The Bertz CT molecular complexity index is 925. The molecule has 0 atom stereocenters. The molecule has 0 aliphatic carbocycles. The summed E-state index contributed by atoms with van der Waals surface area (Å²) in [6.45, 7) is 3.53. The van der Waals surface area contributed by atoms with E-state index in [-0.39, 0.29) is 5.91 Å². The number of carbonyl (C=O) groups is 1. The van der Waals surface area contributed by atoms with Crippen molar-refractivity contribution >= 4 is 28.6 Å². The number of thioether (sulfide) groups is 1. The highest BCUT2D eigenvalue weighted by Crippen LogP contribution is 2.32. The number of nitrogens with zero attached hydrogens (tertiary/aromatic N) is 1. The molecule has 24 heavy (non-hydrogen) atoms. The van der Waals surface area contributed by atoms with E-state index >= 15 is 0 Å². The van der Waals surface area contributed by atoms with Gasteiger partial charge in [0.15, 0.2) is 0 Å². The Kier molecular flexibility index (Phi) is 3.85. The normalized spacial score (nSPS) is 13.8. The average molecular weight is 336 g/mol. The second-order valence-electron chi connectivity index (χ2n) is 6.29. The van der Waals surface area contributed by atoms with Crippen molar-refractivity contribution in [2.24, 2.45) is 0 Å². The van der Waals surface area contributed by atoms with E-state index < -0.39 is 0 Å². The second-order valence-corrected chi connectivity index (χ2v) is 7.17. The predicted octanol–water partition coefficient (Wildman–Crippen LogP) is 4.01. The monoisotopic (exact) mass is 336 g/mol. The number of aromatic nitrogens is 1. The molecule has 3 nitrogen and oxygen atoms in total. The number of carbonyl (C=O) groups excluding carboxylic acids is 1. The molecule has 2 heterocycles. The van der Waals surface area contributed by atoms with Crippen molar-refractivity contribution in [3.05, 3.63) is 64.8 Å². The molecule has 0 saturated heterocycles. The first kappa shape index (κ1) is 15.3. The first-order chi connectivity index (χ1) is 11.7. The average Bonchev–Trinajstić information content (AvgIpc) is 2.91. The number of benzene rings is 2. The Morgan fingerprint density at radius 1 is 1.17 bits per heavy atom. The van der Waals surface area contributed by atoms with Gasteiger partial charge in [-0.1, -0.05) is 29.8 Å². The van der Waals surface area contributed by atoms with Crippen LogP contribution in [0.3, 0.4) is 0 Å². The highest BCUT2D eigenvalue weighted by Gasteiger charge is 2.25. The van der Waals surface area contributed by atoms with Gasteiger partial charge in [-0.3, -0.25) is 4.79 Å². The van der Waals surface area contributed by atoms with Crippen LogP contribution in [-0.4, -0.2) is 23.3 Å². The summed E-state index contributed by atoms with van der Waals surface area (Å²) in [4.78, 5) is 13.8. The number of amides is 1. The Morgan fingerprint density at radius 2 is 1.96 bits per heavy atom. The summed E-state index contributed by atoms with van der Waals surface area (Å²) in [6.07, 6.45) is 2.99. The van der Waals surface area contributed by atoms with Crippen molar-refractivity contribution in [3.63, 3.8) is 0 Å². The summed E-state index contributed by atoms with van der Waals surface area (Å²) in [7, 11) is 0. The Balaban J connectivity index is 1.91. The van der Waals surface area contributed by atoms with Crippen molar-refractivity contribution in [1.82, 2.24) is 9.88 Å². The third-order valence-electron chi connectivity index (χ3n) is 4.71. The fourth-order valence-corrected chi connectivity index (χ4v) is 3.91. The van der Waals surface area contributed by atoms with E-state index in [0.717, 1.165) is 30.7 Å². The molecule has 122 valence electrons. The molecule has 3 aromatic rings. The molecule has 1 aliphatic rings. The van der Waals surface area contributed by atoms with Crippen LogP contribution in [0.1, 0.15) is 27.2 Å². The third-order valence-corrected chi connectivity index (χ3v) is 5.44. The lowest BCUT2D eigenvalue weighted by atomic mass is 10.0. The van der Waals surface area contributed by atoms with Crippen LogP contribution < -0.4 is 5.32 Å². The van der Waals surface area contributed by atoms with Crippen LogP contribution in [0.5, 0.6) is 0 Å². The minimum Gasteiger partial charge on any atom is -0.350 e. The predicted molar refractivity (Wildman–Crippen MR) is 100 cm³/mol. The van der Waals surface area contributed by atoms with E-state index in [1.807, 2.05) is 0 Å². The molecule has 0 saturated carbocycles. The highest BCUT2D eigenvalue weighted by atomic mass is 32.2. The zero-order chi connectivity index (χ0) is 16.7. The molecule has 2 aromatic carbocycles. The number of hydrogen-bond donors (Lipinski definition) is 1. The zero-order valence-electron chi connectivity index (χ0n) is 13.9. The number of nitrogens with one attached hydrogen (secondary N) is 1. The zero-order valence-corrected chi connectivity index (χ0v) is 14.7. The molecular formula is C20H20N2OS. The van der Waals surface area contributed by atoms with Crippen LogP contribution in [0.2, 0.25) is 0 Å². The van der Waals surface area contributed by atoms with Crippen molar-refractivity contribution in [3.8, 4) is 0 Å². The summed E-state index contributed by atoms with van der Waals surface area (Å²) in [6, 6.07) is 15.1. The Morgan fingerprint density at radius 3 is 2.71 bits per heavy atom. The SMILES string of the molecule is CSc1ccc2c(c1)c1c(n2Cc2ccc(C)cc2)C(=O)NCC1. The van der Waals surface area contributed by atoms with Gasteiger partial charge in [0.25, 0.3) is 5.91 Å². The van der Waals surface area contributed by atoms with Gasteiger partial charge in [-0.2, -0.15) is 0 Å². The lowest BCUT2D eigenvalue weighted by molar-refractivity contribution is 0.0937. The van der Waals surface area contributed by atoms with Gasteiger partial charge in [-0.05, 0) is 48.9 Å². The fourth-order valence-electron chi connectivity index (χ4n) is 3.47. The first-order valence-corrected chi connectivity index (χ1v) is 9.42. The molecule has 1 aliphatic heterocycles. The van der Waals surface area contributed by atoms with Crippen LogP contribution >= 0.6 is 11.8 Å². The van der Waals surface area contributed by atoms with Crippen LogP contribution in [-0.2, 0) is 13.0 Å². The second kappa shape index (κ2) is 6.02. The summed E-state index contributed by atoms with van der Waals surface area (Å²) < 4.78 is 2.17. The van der Waals surface area contributed by atoms with E-state index in [0.29, 0.717) is 0 Å². The Labute approximate surface area is 146 Å². The molecule has 0 unspecified atom stereocenters. The lowest BCUT2D eigenvalue weighted by Gasteiger charge is -2.16. The van der Waals surface area contributed by atoms with Crippen molar-refractivity contribution in [1.29, 1.82) is 0 Å². The summed E-state index contributed by atoms with van der Waals surface area (Å²) >= 11 is 1.74. The smallest absolute Gasteiger partial charge is 0.268 e. The highest BCUT2D eigenvalue weighted by molar-refractivity contribution is 7.98. The van der Waals surface area contributed by atoms with Gasteiger partial charge < -0.3 is 9.88 Å². The van der Waals surface area contributed by atoms with Crippen molar-refractivity contribution < 1.29 is 4.79 Å². The minimum atomic E-state index is 0.0465. The third kappa shape index (κ3) is 2.51. The minimum absolute atomic E-state index is 0.0465. The van der Waals surface area contributed by atoms with Gasteiger partial charge in [0.1, 0.15) is 5.69 Å². The van der Waals surface area contributed by atoms with E-state index in [1.54, 1.807) is 11.8 Å². The van der Waals surface area contributed by atoms with Crippen molar-refractivity contribution in [2.75, 3.05) is 12.8 Å². The fraction of sp³-hybridized carbons (Fsp3) is 0.250. The van der Waals surface area contributed by atoms with Gasteiger partial charge in [0.2, 0.25) is 0 Å². The molecule has 0 fully saturated rings. The molecule has 0 bridgehead atoms. The number of aryl methyl sites for hydroxylation is 1. The molecule has 0 radical (unpaired) electrons. The van der Waals surface area contributed by atoms with Crippen LogP contribution in [0.25, 0.3) is 10.9 Å². The van der Waals surface area contributed by atoms with E-state index in [4.69, 9.17) is 0 Å². The van der Waals surface area contributed by atoms with Gasteiger partial charge >= 0.3 is 0 Å². The van der Waals surface area contributed by atoms with Gasteiger partial charge in [-0.25, -0.2) is 0 Å². The maximum atomic E-state index is 12.5. The van der Waals surface area contributed by atoms with Crippen molar-refractivity contribution in [2.45, 2.75) is 24.8 Å². The summed E-state index contributed by atoms with van der Waals surface area (Å²) in [5, 5.41) is 4.22. The van der Waals surface area contributed by atoms with Crippen LogP contribution in [0.4, 0.5) is 0 Å². The van der Waals surface area contributed by atoms with Crippen LogP contribution in [0.15, 0.2) is 47.4 Å². The maximum Gasteiger partial charge on any atom is 0.268 e. The van der Waals surface area contributed by atoms with E-state index in [2.05, 4.69) is 65.5 Å². The largest absolute Gasteiger partial charge is 0.350 e. The molecule has 0 spiro atoms. The number of rotatable bonds is 3. The Hall–Kier alpha value is -2.20. The standard InChI is InChI=1S/C20H20N2OS/c1-13-3-5-14(6-4-13)12-22-18-8-7-15(24-2)11-17(18)16-9-10-21-20(23)19(16)22/h3-8,11H,9-10,12H2,1-2H3,(H,21,23). The maximum absolute atomic E-state index is 12.5. The van der Waals surface area contributed by atoms with Gasteiger partial charge in [0.05, 0.1) is 0 Å². The number of hydrogen-bond acceptors (Lipinski definition) is 2. The summed E-state index contributed by atoms with van der Waals surface area (Å²) in [5.74, 6) is 0.0465. The summed E-state index contributed by atoms with van der Waals surface area (Å²) in [5.41, 5.74) is 5.63. The molecule has 1 N–H and O–H groups in total. The topological polar surface area (TPSA) is 34.0 Å². The quantitative estimate of drug-likeness (QED) is 0.733. The van der Waals surface area contributed by atoms with Gasteiger partial charge in [0, 0.05) is 28.9 Å². The first-order valence-electron chi connectivity index (χ1n) is 8.20. The molecule has 4 heteroatoms. The van der Waals surface area contributed by atoms with E-state index in [9.17, 15) is 4.79 Å². The molecule has 1 aromatic heterocycles. The van der Waals surface area contributed by atoms with Crippen LogP contribution in [0, 0.1) is 6.92 Å². The lowest BCUT2D eigenvalue weighted by Crippen LogP contribution is -2.33. The molecule has 4 rings (SSSR count). The van der Waals surface area contributed by atoms with Gasteiger partial charge in [-0.15, -0.1) is 11.8 Å². The molecule has 1 amide bonds.